The Morgan fingerprint density at radius 3 is 2.96 bits per heavy atom. The average Bonchev–Trinajstić information content (AvgIpc) is 3.34. The molecule has 0 saturated carbocycles. The van der Waals surface area contributed by atoms with Crippen molar-refractivity contribution in [3.8, 4) is 22.6 Å². The minimum Gasteiger partial charge on any atom is -0.355 e. The Balaban J connectivity index is 1.55. The second kappa shape index (κ2) is 6.72. The van der Waals surface area contributed by atoms with Crippen LogP contribution in [0.3, 0.4) is 0 Å². The molecule has 4 aromatic rings. The summed E-state index contributed by atoms with van der Waals surface area (Å²) in [5.74, 6) is 0.949. The third-order valence-electron chi connectivity index (χ3n) is 5.21. The van der Waals surface area contributed by atoms with Crippen LogP contribution in [0.5, 0.6) is 0 Å². The number of nitrogens with two attached hydrogens (primary N) is 1. The van der Waals surface area contributed by atoms with Crippen LogP contribution in [0.4, 0.5) is 5.82 Å². The number of piperidine rings is 1. The van der Waals surface area contributed by atoms with Gasteiger partial charge in [-0.25, -0.2) is 4.98 Å². The van der Waals surface area contributed by atoms with E-state index in [2.05, 4.69) is 25.2 Å². The van der Waals surface area contributed by atoms with Crippen LogP contribution in [0.1, 0.15) is 12.8 Å². The summed E-state index contributed by atoms with van der Waals surface area (Å²) >= 11 is 0. The Hall–Kier alpha value is -3.26. The predicted molar refractivity (Wildman–Crippen MR) is 109 cm³/mol. The molecule has 0 aromatic carbocycles. The molecule has 1 aliphatic heterocycles. The molecule has 0 bridgehead atoms. The van der Waals surface area contributed by atoms with Gasteiger partial charge in [0.15, 0.2) is 0 Å². The average molecular weight is 374 g/mol. The monoisotopic (exact) mass is 374 g/mol. The molecular formula is C20H22N8. The second-order valence-corrected chi connectivity index (χ2v) is 7.32. The lowest BCUT2D eigenvalue weighted by atomic mass is 10.1. The van der Waals surface area contributed by atoms with E-state index in [1.807, 2.05) is 49.9 Å². The molecule has 0 aliphatic carbocycles. The summed E-state index contributed by atoms with van der Waals surface area (Å²) in [5, 5.41) is 12.8. The topological polar surface area (TPSA) is 102 Å². The van der Waals surface area contributed by atoms with Crippen molar-refractivity contribution in [3.63, 3.8) is 0 Å². The van der Waals surface area contributed by atoms with E-state index in [4.69, 9.17) is 10.7 Å². The smallest absolute Gasteiger partial charge is 0.129 e. The molecule has 3 N–H and O–H groups in total. The van der Waals surface area contributed by atoms with Crippen molar-refractivity contribution in [2.75, 3.05) is 18.0 Å². The molecule has 0 spiro atoms. The van der Waals surface area contributed by atoms with Crippen LogP contribution < -0.4 is 10.6 Å². The molecule has 28 heavy (non-hydrogen) atoms. The Labute approximate surface area is 162 Å². The van der Waals surface area contributed by atoms with Gasteiger partial charge < -0.3 is 10.6 Å². The normalized spacial score (nSPS) is 17.4. The van der Waals surface area contributed by atoms with Crippen molar-refractivity contribution < 1.29 is 0 Å². The number of pyridine rings is 2. The minimum atomic E-state index is 0.207. The van der Waals surface area contributed by atoms with Crippen LogP contribution >= 0.6 is 0 Å². The number of aromatic amines is 1. The number of hydrogen-bond acceptors (Lipinski definition) is 6. The van der Waals surface area contributed by atoms with Crippen LogP contribution in [-0.2, 0) is 7.05 Å². The van der Waals surface area contributed by atoms with Gasteiger partial charge in [0, 0.05) is 43.3 Å². The maximum atomic E-state index is 6.14. The molecule has 8 heteroatoms. The predicted octanol–water partition coefficient (Wildman–Crippen LogP) is 2.35. The molecule has 5 heterocycles. The highest BCUT2D eigenvalue weighted by Crippen LogP contribution is 2.29. The van der Waals surface area contributed by atoms with E-state index in [0.29, 0.717) is 0 Å². The Bertz CT molecular complexity index is 1130. The molecule has 1 aliphatic rings. The van der Waals surface area contributed by atoms with Gasteiger partial charge in [0.1, 0.15) is 11.5 Å². The fraction of sp³-hybridized carbons (Fsp3) is 0.300. The van der Waals surface area contributed by atoms with Crippen LogP contribution in [-0.4, -0.2) is 49.1 Å². The molecule has 8 nitrogen and oxygen atoms in total. The lowest BCUT2D eigenvalue weighted by Gasteiger charge is -2.31. The van der Waals surface area contributed by atoms with Gasteiger partial charge in [-0.1, -0.05) is 6.07 Å². The Morgan fingerprint density at radius 1 is 1.21 bits per heavy atom. The number of hydrogen-bond donors (Lipinski definition) is 2. The quantitative estimate of drug-likeness (QED) is 0.571. The summed E-state index contributed by atoms with van der Waals surface area (Å²) in [6, 6.07) is 8.31. The first-order chi connectivity index (χ1) is 13.7. The zero-order valence-corrected chi connectivity index (χ0v) is 15.7. The number of anilines is 1. The number of H-pyrrole nitrogens is 1. The van der Waals surface area contributed by atoms with Gasteiger partial charge in [-0.2, -0.15) is 10.2 Å². The van der Waals surface area contributed by atoms with E-state index in [-0.39, 0.29) is 6.04 Å². The van der Waals surface area contributed by atoms with Gasteiger partial charge in [0.25, 0.3) is 0 Å². The molecule has 142 valence electrons. The van der Waals surface area contributed by atoms with E-state index in [0.717, 1.165) is 65.3 Å². The zero-order chi connectivity index (χ0) is 19.1. The number of nitrogens with one attached hydrogen (secondary N) is 1. The minimum absolute atomic E-state index is 0.207. The maximum absolute atomic E-state index is 6.14. The fourth-order valence-corrected chi connectivity index (χ4v) is 3.77. The van der Waals surface area contributed by atoms with Gasteiger partial charge in [0.05, 0.1) is 29.3 Å². The van der Waals surface area contributed by atoms with Crippen molar-refractivity contribution in [1.29, 1.82) is 0 Å². The number of nitrogens with zero attached hydrogens (tertiary/aromatic N) is 6. The lowest BCUT2D eigenvalue weighted by molar-refractivity contribution is 0.503. The van der Waals surface area contributed by atoms with Crippen molar-refractivity contribution >= 4 is 16.7 Å². The Morgan fingerprint density at radius 2 is 2.14 bits per heavy atom. The molecule has 0 radical (unpaired) electrons. The fourth-order valence-electron chi connectivity index (χ4n) is 3.77. The SMILES string of the molecule is Cn1cc(-c2cc3c(-c4cccc(N5CCCC(N)C5)n4)n[nH]c3cn2)cn1. The number of fused-ring (bicyclic) bond motifs is 1. The van der Waals surface area contributed by atoms with Crippen molar-refractivity contribution in [3.05, 3.63) is 42.9 Å². The van der Waals surface area contributed by atoms with Gasteiger partial charge in [0.2, 0.25) is 0 Å². The van der Waals surface area contributed by atoms with E-state index in [1.165, 1.54) is 0 Å². The molecule has 1 atom stereocenters. The van der Waals surface area contributed by atoms with Gasteiger partial charge >= 0.3 is 0 Å². The third kappa shape index (κ3) is 3.01. The molecule has 1 saturated heterocycles. The highest BCUT2D eigenvalue weighted by Gasteiger charge is 2.19. The molecule has 4 aromatic heterocycles. The summed E-state index contributed by atoms with van der Waals surface area (Å²) in [6.07, 6.45) is 7.74. The van der Waals surface area contributed by atoms with Crippen molar-refractivity contribution in [2.45, 2.75) is 18.9 Å². The molecule has 0 amide bonds. The zero-order valence-electron chi connectivity index (χ0n) is 15.7. The van der Waals surface area contributed by atoms with Crippen LogP contribution in [0.25, 0.3) is 33.5 Å². The maximum Gasteiger partial charge on any atom is 0.129 e. The third-order valence-corrected chi connectivity index (χ3v) is 5.21. The van der Waals surface area contributed by atoms with Crippen LogP contribution in [0.15, 0.2) is 42.9 Å². The molecule has 1 fully saturated rings. The molecule has 5 rings (SSSR count). The van der Waals surface area contributed by atoms with Gasteiger partial charge in [-0.15, -0.1) is 0 Å². The van der Waals surface area contributed by atoms with Gasteiger partial charge in [-0.05, 0) is 31.0 Å². The van der Waals surface area contributed by atoms with E-state index < -0.39 is 0 Å². The summed E-state index contributed by atoms with van der Waals surface area (Å²) in [5.41, 5.74) is 10.5. The van der Waals surface area contributed by atoms with Crippen molar-refractivity contribution in [1.82, 2.24) is 29.9 Å². The Kier molecular flexibility index (Phi) is 4.05. The summed E-state index contributed by atoms with van der Waals surface area (Å²) < 4.78 is 1.77. The van der Waals surface area contributed by atoms with E-state index in [9.17, 15) is 0 Å². The summed E-state index contributed by atoms with van der Waals surface area (Å²) in [4.78, 5) is 11.7. The van der Waals surface area contributed by atoms with E-state index >= 15 is 0 Å². The highest BCUT2D eigenvalue weighted by atomic mass is 15.2. The van der Waals surface area contributed by atoms with Crippen LogP contribution in [0, 0.1) is 0 Å². The first-order valence-electron chi connectivity index (χ1n) is 9.48. The van der Waals surface area contributed by atoms with Crippen LogP contribution in [0.2, 0.25) is 0 Å². The summed E-state index contributed by atoms with van der Waals surface area (Å²) in [7, 11) is 1.90. The standard InChI is InChI=1S/C20H22N8/c1-27-11-13(9-23-27)17-8-15-18(10-22-17)25-26-20(15)16-5-2-6-19(24-16)28-7-3-4-14(21)12-28/h2,5-6,8-11,14H,3-4,7,12,21H2,1H3,(H,25,26). The number of aromatic nitrogens is 6. The summed E-state index contributed by atoms with van der Waals surface area (Å²) in [6.45, 7) is 1.83. The first-order valence-corrected chi connectivity index (χ1v) is 9.48. The second-order valence-electron chi connectivity index (χ2n) is 7.32. The number of aryl methyl sites for hydroxylation is 1. The first kappa shape index (κ1) is 16.9. The number of rotatable bonds is 3. The van der Waals surface area contributed by atoms with Gasteiger partial charge in [-0.3, -0.25) is 14.8 Å². The highest BCUT2D eigenvalue weighted by molar-refractivity contribution is 5.93. The van der Waals surface area contributed by atoms with Crippen molar-refractivity contribution in [2.24, 2.45) is 12.8 Å². The molecule has 1 unspecified atom stereocenters. The largest absolute Gasteiger partial charge is 0.355 e. The molecular weight excluding hydrogens is 352 g/mol. The van der Waals surface area contributed by atoms with E-state index in [1.54, 1.807) is 4.68 Å². The lowest BCUT2D eigenvalue weighted by Crippen LogP contribution is -2.43.